The number of alkyl halides is 2. The predicted molar refractivity (Wildman–Crippen MR) is 111 cm³/mol. The average molecular weight is 505 g/mol. The molecule has 0 spiro atoms. The Bertz CT molecular complexity index is 971. The number of benzene rings is 1. The number of hydrogen-bond donors (Lipinski definition) is 1. The molecule has 0 bridgehead atoms. The minimum atomic E-state index is -3.13. The van der Waals surface area contributed by atoms with E-state index in [0.717, 1.165) is 22.1 Å². The molecule has 0 saturated carbocycles. The quantitative estimate of drug-likeness (QED) is 0.509. The van der Waals surface area contributed by atoms with E-state index in [9.17, 15) is 36.7 Å². The maximum atomic E-state index is 14.9. The number of ketones is 1. The van der Waals surface area contributed by atoms with Crippen LogP contribution in [0.4, 0.5) is 33.7 Å². The number of aliphatic carboxylic acids is 1. The molecule has 2 saturated heterocycles. The summed E-state index contributed by atoms with van der Waals surface area (Å²) in [5.74, 6) is -4.98. The van der Waals surface area contributed by atoms with Crippen LogP contribution in [0.5, 0.6) is 0 Å². The van der Waals surface area contributed by atoms with Gasteiger partial charge in [0, 0.05) is 38.1 Å². The number of nitrogens with zero attached hydrogens (tertiary/aromatic N) is 3. The van der Waals surface area contributed by atoms with E-state index in [1.54, 1.807) is 0 Å². The fourth-order valence-corrected chi connectivity index (χ4v) is 3.71. The number of hydrogen-bond acceptors (Lipinski definition) is 7. The molecule has 1 N–H and O–H groups in total. The number of carboxylic acids is 1. The molecule has 3 rings (SSSR count). The molecule has 0 aromatic heterocycles. The summed E-state index contributed by atoms with van der Waals surface area (Å²) in [6.07, 6.45) is -6.25. The first kappa shape index (κ1) is 26.2. The van der Waals surface area contributed by atoms with Gasteiger partial charge >= 0.3 is 12.1 Å². The molecule has 14 heteroatoms. The standard InChI is InChI=1S/C21H23F4N3O7/c22-14-9-12(27-11-13(35-21(27)33)1-2-16(29)20(24)25)10-15(23)19(14)26-5-6-28(34-8-7-26)17(30)3-4-18(31)32/h9-10,13,20H,1-8,11H2,(H,31,32)/t13-/m0/s1. The van der Waals surface area contributed by atoms with Crippen LogP contribution in [0.2, 0.25) is 0 Å². The fraction of sp³-hybridized carbons (Fsp3) is 0.524. The smallest absolute Gasteiger partial charge is 0.414 e. The number of rotatable bonds is 9. The Kier molecular flexibility index (Phi) is 8.48. The van der Waals surface area contributed by atoms with Crippen molar-refractivity contribution in [2.45, 2.75) is 38.2 Å². The number of cyclic esters (lactones) is 1. The van der Waals surface area contributed by atoms with Crippen molar-refractivity contribution in [3.63, 3.8) is 0 Å². The van der Waals surface area contributed by atoms with E-state index in [0.29, 0.717) is 0 Å². The van der Waals surface area contributed by atoms with Crippen LogP contribution in [0, 0.1) is 11.6 Å². The lowest BCUT2D eigenvalue weighted by Gasteiger charge is -2.24. The summed E-state index contributed by atoms with van der Waals surface area (Å²) < 4.78 is 59.6. The van der Waals surface area contributed by atoms with Gasteiger partial charge in [-0.3, -0.25) is 24.1 Å². The molecule has 0 radical (unpaired) electrons. The monoisotopic (exact) mass is 505 g/mol. The topological polar surface area (TPSA) is 117 Å². The van der Waals surface area contributed by atoms with E-state index < -0.39 is 60.0 Å². The summed E-state index contributed by atoms with van der Waals surface area (Å²) in [5.41, 5.74) is -0.545. The van der Waals surface area contributed by atoms with Crippen molar-refractivity contribution < 1.29 is 51.4 Å². The Hall–Kier alpha value is -3.42. The molecule has 0 aliphatic carbocycles. The Morgan fingerprint density at radius 1 is 1.06 bits per heavy atom. The second-order valence-corrected chi connectivity index (χ2v) is 7.89. The zero-order valence-corrected chi connectivity index (χ0v) is 18.4. The van der Waals surface area contributed by atoms with Crippen molar-refractivity contribution in [2.75, 3.05) is 42.6 Å². The van der Waals surface area contributed by atoms with Gasteiger partial charge in [0.1, 0.15) is 11.8 Å². The second-order valence-electron chi connectivity index (χ2n) is 7.89. The third kappa shape index (κ3) is 6.59. The molecule has 2 aliphatic heterocycles. The highest BCUT2D eigenvalue weighted by Crippen LogP contribution is 2.32. The third-order valence-electron chi connectivity index (χ3n) is 5.47. The maximum Gasteiger partial charge on any atom is 0.414 e. The molecular formula is C21H23F4N3O7. The first-order valence-electron chi connectivity index (χ1n) is 10.7. The molecule has 2 fully saturated rings. The first-order chi connectivity index (χ1) is 16.6. The minimum Gasteiger partial charge on any atom is -0.481 e. The Morgan fingerprint density at radius 3 is 2.37 bits per heavy atom. The third-order valence-corrected chi connectivity index (χ3v) is 5.47. The predicted octanol–water partition coefficient (Wildman–Crippen LogP) is 2.35. The molecule has 192 valence electrons. The second kappa shape index (κ2) is 11.3. The number of hydroxylamine groups is 2. The van der Waals surface area contributed by atoms with Crippen LogP contribution in [0.25, 0.3) is 0 Å². The summed E-state index contributed by atoms with van der Waals surface area (Å²) in [7, 11) is 0. The van der Waals surface area contributed by atoms with E-state index in [-0.39, 0.29) is 57.7 Å². The number of carboxylic acid groups (broad SMARTS) is 1. The molecule has 1 atom stereocenters. The molecule has 2 heterocycles. The number of amides is 2. The summed E-state index contributed by atoms with van der Waals surface area (Å²) in [5, 5.41) is 9.66. The molecule has 1 aromatic carbocycles. The lowest BCUT2D eigenvalue weighted by atomic mass is 10.1. The number of anilines is 2. The molecule has 2 aliphatic rings. The number of ether oxygens (including phenoxy) is 1. The van der Waals surface area contributed by atoms with Crippen LogP contribution in [0.15, 0.2) is 12.1 Å². The number of carbonyl (C=O) groups excluding carboxylic acids is 3. The van der Waals surface area contributed by atoms with Gasteiger partial charge in [-0.1, -0.05) is 0 Å². The van der Waals surface area contributed by atoms with Gasteiger partial charge in [-0.05, 0) is 6.42 Å². The molecule has 10 nitrogen and oxygen atoms in total. The van der Waals surface area contributed by atoms with Crippen LogP contribution < -0.4 is 9.80 Å². The highest BCUT2D eigenvalue weighted by molar-refractivity contribution is 5.90. The molecule has 2 amide bonds. The van der Waals surface area contributed by atoms with Gasteiger partial charge in [-0.25, -0.2) is 27.4 Å². The van der Waals surface area contributed by atoms with Gasteiger partial charge in [0.15, 0.2) is 17.4 Å². The van der Waals surface area contributed by atoms with Gasteiger partial charge in [-0.2, -0.15) is 0 Å². The zero-order chi connectivity index (χ0) is 25.7. The van der Waals surface area contributed by atoms with E-state index in [4.69, 9.17) is 14.7 Å². The Morgan fingerprint density at radius 2 is 1.74 bits per heavy atom. The van der Waals surface area contributed by atoms with Crippen molar-refractivity contribution in [3.8, 4) is 0 Å². The normalized spacial score (nSPS) is 18.6. The Balaban J connectivity index is 1.65. The highest BCUT2D eigenvalue weighted by Gasteiger charge is 2.34. The summed E-state index contributed by atoms with van der Waals surface area (Å²) >= 11 is 0. The van der Waals surface area contributed by atoms with Crippen molar-refractivity contribution in [3.05, 3.63) is 23.8 Å². The van der Waals surface area contributed by atoms with Crippen molar-refractivity contribution in [2.24, 2.45) is 0 Å². The largest absolute Gasteiger partial charge is 0.481 e. The van der Waals surface area contributed by atoms with Crippen LogP contribution in [-0.4, -0.2) is 79.2 Å². The number of halogens is 4. The molecule has 35 heavy (non-hydrogen) atoms. The first-order valence-corrected chi connectivity index (χ1v) is 10.7. The minimum absolute atomic E-state index is 0.00199. The lowest BCUT2D eigenvalue weighted by molar-refractivity contribution is -0.182. The van der Waals surface area contributed by atoms with Crippen LogP contribution >= 0.6 is 0 Å². The van der Waals surface area contributed by atoms with Crippen molar-refractivity contribution in [1.29, 1.82) is 0 Å². The summed E-state index contributed by atoms with van der Waals surface area (Å²) in [6, 6.07) is 1.85. The highest BCUT2D eigenvalue weighted by atomic mass is 19.3. The number of Topliss-reactive ketones (excluding diaryl/α,β-unsaturated/α-hetero) is 1. The van der Waals surface area contributed by atoms with Gasteiger partial charge in [-0.15, -0.1) is 0 Å². The van der Waals surface area contributed by atoms with E-state index in [1.807, 2.05) is 0 Å². The van der Waals surface area contributed by atoms with Crippen molar-refractivity contribution in [1.82, 2.24) is 5.06 Å². The van der Waals surface area contributed by atoms with Gasteiger partial charge in [0.05, 0.1) is 31.8 Å². The molecular weight excluding hydrogens is 482 g/mol. The van der Waals surface area contributed by atoms with Crippen molar-refractivity contribution >= 4 is 35.1 Å². The lowest BCUT2D eigenvalue weighted by Crippen LogP contribution is -2.35. The van der Waals surface area contributed by atoms with Crippen LogP contribution in [-0.2, 0) is 24.0 Å². The van der Waals surface area contributed by atoms with Crippen LogP contribution in [0.3, 0.4) is 0 Å². The molecule has 1 aromatic rings. The summed E-state index contributed by atoms with van der Waals surface area (Å²) in [6.45, 7) is -0.286. The van der Waals surface area contributed by atoms with Crippen LogP contribution in [0.1, 0.15) is 25.7 Å². The van der Waals surface area contributed by atoms with Gasteiger partial charge < -0.3 is 14.7 Å². The maximum absolute atomic E-state index is 14.9. The number of carbonyl (C=O) groups is 4. The average Bonchev–Trinajstić information content (AvgIpc) is 2.99. The summed E-state index contributed by atoms with van der Waals surface area (Å²) in [4.78, 5) is 53.5. The van der Waals surface area contributed by atoms with Gasteiger partial charge in [0.25, 0.3) is 6.43 Å². The Labute approximate surface area is 196 Å². The van der Waals surface area contributed by atoms with E-state index >= 15 is 0 Å². The fourth-order valence-electron chi connectivity index (χ4n) is 3.71. The SMILES string of the molecule is O=C(O)CCC(=O)N1CCN(c2c(F)cc(N3C[C@H](CCC(=O)C(F)F)OC3=O)cc2F)CCO1. The van der Waals surface area contributed by atoms with Gasteiger partial charge in [0.2, 0.25) is 5.91 Å². The van der Waals surface area contributed by atoms with E-state index in [1.165, 1.54) is 4.90 Å². The molecule has 0 unspecified atom stereocenters. The zero-order valence-electron chi connectivity index (χ0n) is 18.4. The van der Waals surface area contributed by atoms with E-state index in [2.05, 4.69) is 0 Å².